The summed E-state index contributed by atoms with van der Waals surface area (Å²) in [6.45, 7) is 1.57. The van der Waals surface area contributed by atoms with Crippen molar-refractivity contribution >= 4 is 26.6 Å². The summed E-state index contributed by atoms with van der Waals surface area (Å²) in [6, 6.07) is 6.01. The standard InChI is InChI=1S/C12H12N2O4S/c1-7-3-4-8-9(12(7)19(16,17)18)5-6-10(11(8)15)14-13-2/h3-6,15H,1-2H3,(H,16,17,18). The van der Waals surface area contributed by atoms with Gasteiger partial charge in [0, 0.05) is 17.8 Å². The maximum Gasteiger partial charge on any atom is 0.295 e. The Bertz CT molecular complexity index is 782. The topological polar surface area (TPSA) is 99.3 Å². The summed E-state index contributed by atoms with van der Waals surface area (Å²) in [5, 5.41) is 17.9. The van der Waals surface area contributed by atoms with Gasteiger partial charge in [0.2, 0.25) is 0 Å². The minimum Gasteiger partial charge on any atom is -0.505 e. The van der Waals surface area contributed by atoms with Gasteiger partial charge in [-0.1, -0.05) is 18.2 Å². The van der Waals surface area contributed by atoms with Gasteiger partial charge in [-0.15, -0.1) is 0 Å². The molecule has 0 spiro atoms. The second-order valence-electron chi connectivity index (χ2n) is 4.02. The van der Waals surface area contributed by atoms with Crippen molar-refractivity contribution in [3.05, 3.63) is 29.8 Å². The molecular weight excluding hydrogens is 268 g/mol. The molecule has 0 radical (unpaired) electrons. The lowest BCUT2D eigenvalue weighted by atomic mass is 10.1. The van der Waals surface area contributed by atoms with Gasteiger partial charge in [-0.25, -0.2) is 0 Å². The Labute approximate surface area is 110 Å². The van der Waals surface area contributed by atoms with Crippen LogP contribution in [0.1, 0.15) is 5.56 Å². The van der Waals surface area contributed by atoms with Crippen molar-refractivity contribution < 1.29 is 18.1 Å². The lowest BCUT2D eigenvalue weighted by molar-refractivity contribution is 0.482. The number of aryl methyl sites for hydroxylation is 1. The monoisotopic (exact) mass is 280 g/mol. The largest absolute Gasteiger partial charge is 0.505 e. The molecule has 100 valence electrons. The average Bonchev–Trinajstić information content (AvgIpc) is 2.31. The number of hydrogen-bond donors (Lipinski definition) is 2. The molecule has 2 N–H and O–H groups in total. The number of fused-ring (bicyclic) bond motifs is 1. The van der Waals surface area contributed by atoms with Crippen molar-refractivity contribution in [2.45, 2.75) is 11.8 Å². The van der Waals surface area contributed by atoms with E-state index in [2.05, 4.69) is 10.2 Å². The molecule has 0 atom stereocenters. The van der Waals surface area contributed by atoms with Crippen molar-refractivity contribution in [2.75, 3.05) is 7.05 Å². The van der Waals surface area contributed by atoms with Crippen molar-refractivity contribution in [1.82, 2.24) is 0 Å². The Morgan fingerprint density at radius 1 is 1.11 bits per heavy atom. The molecule has 0 amide bonds. The fraction of sp³-hybridized carbons (Fsp3) is 0.167. The fourth-order valence-corrected chi connectivity index (χ4v) is 2.92. The summed E-state index contributed by atoms with van der Waals surface area (Å²) < 4.78 is 32.1. The highest BCUT2D eigenvalue weighted by atomic mass is 32.2. The van der Waals surface area contributed by atoms with Crippen molar-refractivity contribution in [1.29, 1.82) is 0 Å². The number of phenolic OH excluding ortho intramolecular Hbond substituents is 1. The van der Waals surface area contributed by atoms with E-state index < -0.39 is 10.1 Å². The quantitative estimate of drug-likeness (QED) is 0.652. The van der Waals surface area contributed by atoms with Gasteiger partial charge in [0.1, 0.15) is 10.6 Å². The van der Waals surface area contributed by atoms with E-state index in [1.54, 1.807) is 13.0 Å². The third-order valence-corrected chi connectivity index (χ3v) is 3.82. The molecule has 0 aliphatic heterocycles. The van der Waals surface area contributed by atoms with Crippen molar-refractivity contribution in [3.8, 4) is 5.75 Å². The first-order valence-electron chi connectivity index (χ1n) is 5.39. The van der Waals surface area contributed by atoms with E-state index in [0.717, 1.165) is 0 Å². The number of aromatic hydroxyl groups is 1. The minimum atomic E-state index is -4.37. The molecule has 0 bridgehead atoms. The summed E-state index contributed by atoms with van der Waals surface area (Å²) in [5.41, 5.74) is 0.638. The van der Waals surface area contributed by atoms with Gasteiger partial charge in [-0.05, 0) is 18.6 Å². The molecule has 0 fully saturated rings. The molecule has 19 heavy (non-hydrogen) atoms. The van der Waals surface area contributed by atoms with E-state index in [4.69, 9.17) is 0 Å². The summed E-state index contributed by atoms with van der Waals surface area (Å²) in [5.74, 6) is -0.173. The lowest BCUT2D eigenvalue weighted by Crippen LogP contribution is -2.02. The zero-order valence-corrected chi connectivity index (χ0v) is 11.1. The van der Waals surface area contributed by atoms with Crippen LogP contribution in [-0.4, -0.2) is 25.1 Å². The molecule has 0 unspecified atom stereocenters. The fourth-order valence-electron chi connectivity index (χ4n) is 1.99. The smallest absolute Gasteiger partial charge is 0.295 e. The Morgan fingerprint density at radius 3 is 2.32 bits per heavy atom. The number of benzene rings is 2. The van der Waals surface area contributed by atoms with Crippen LogP contribution in [0.4, 0.5) is 5.69 Å². The zero-order chi connectivity index (χ0) is 14.2. The van der Waals surface area contributed by atoms with Crippen LogP contribution in [0.25, 0.3) is 10.8 Å². The van der Waals surface area contributed by atoms with Crippen molar-refractivity contribution in [2.24, 2.45) is 10.2 Å². The highest BCUT2D eigenvalue weighted by Crippen LogP contribution is 2.38. The Kier molecular flexibility index (Phi) is 3.25. The molecule has 2 rings (SSSR count). The highest BCUT2D eigenvalue weighted by Gasteiger charge is 2.19. The number of hydrogen-bond acceptors (Lipinski definition) is 5. The minimum absolute atomic E-state index is 0.173. The third-order valence-electron chi connectivity index (χ3n) is 2.76. The van der Waals surface area contributed by atoms with Gasteiger partial charge in [0.15, 0.2) is 5.75 Å². The molecule has 0 saturated heterocycles. The van der Waals surface area contributed by atoms with Gasteiger partial charge >= 0.3 is 0 Å². The van der Waals surface area contributed by atoms with Gasteiger partial charge in [-0.2, -0.15) is 18.6 Å². The maximum atomic E-state index is 11.4. The first-order chi connectivity index (χ1) is 8.86. The van der Waals surface area contributed by atoms with Gasteiger partial charge in [-0.3, -0.25) is 4.55 Å². The lowest BCUT2D eigenvalue weighted by Gasteiger charge is -2.09. The molecular formula is C12H12N2O4S. The van der Waals surface area contributed by atoms with E-state index in [0.29, 0.717) is 10.9 Å². The summed E-state index contributed by atoms with van der Waals surface area (Å²) >= 11 is 0. The predicted octanol–water partition coefficient (Wildman–Crippen LogP) is 2.81. The van der Waals surface area contributed by atoms with E-state index in [9.17, 15) is 18.1 Å². The van der Waals surface area contributed by atoms with Crippen molar-refractivity contribution in [3.63, 3.8) is 0 Å². The molecule has 0 heterocycles. The van der Waals surface area contributed by atoms with Crippen LogP contribution in [0.15, 0.2) is 39.4 Å². The van der Waals surface area contributed by atoms with E-state index in [-0.39, 0.29) is 21.7 Å². The molecule has 2 aromatic carbocycles. The molecule has 7 heteroatoms. The number of phenols is 1. The van der Waals surface area contributed by atoms with E-state index in [1.165, 1.54) is 25.2 Å². The Morgan fingerprint density at radius 2 is 1.74 bits per heavy atom. The first-order valence-corrected chi connectivity index (χ1v) is 6.83. The molecule has 0 aromatic heterocycles. The number of rotatable bonds is 2. The average molecular weight is 280 g/mol. The second kappa shape index (κ2) is 4.60. The molecule has 0 aliphatic carbocycles. The van der Waals surface area contributed by atoms with Gasteiger partial charge in [0.05, 0.1) is 0 Å². The normalized spacial score (nSPS) is 12.4. The molecule has 6 nitrogen and oxygen atoms in total. The van der Waals surface area contributed by atoms with Crippen LogP contribution in [0.5, 0.6) is 5.75 Å². The van der Waals surface area contributed by atoms with Gasteiger partial charge < -0.3 is 5.11 Å². The van der Waals surface area contributed by atoms with Crippen LogP contribution in [0, 0.1) is 6.92 Å². The third kappa shape index (κ3) is 2.29. The van der Waals surface area contributed by atoms with Gasteiger partial charge in [0.25, 0.3) is 10.1 Å². The maximum absolute atomic E-state index is 11.4. The Hall–Kier alpha value is -1.99. The van der Waals surface area contributed by atoms with E-state index >= 15 is 0 Å². The predicted molar refractivity (Wildman–Crippen MR) is 70.6 cm³/mol. The first kappa shape index (κ1) is 13.4. The summed E-state index contributed by atoms with van der Waals surface area (Å²) in [7, 11) is -2.91. The molecule has 0 aliphatic rings. The van der Waals surface area contributed by atoms with Crippen LogP contribution >= 0.6 is 0 Å². The van der Waals surface area contributed by atoms with Crippen LogP contribution in [-0.2, 0) is 10.1 Å². The molecule has 2 aromatic rings. The van der Waals surface area contributed by atoms with Crippen LogP contribution in [0.2, 0.25) is 0 Å². The molecule has 0 saturated carbocycles. The Balaban J connectivity index is 2.94. The van der Waals surface area contributed by atoms with E-state index in [1.807, 2.05) is 0 Å². The SMILES string of the molecule is CN=Nc1ccc2c(S(=O)(=O)O)c(C)ccc2c1O. The zero-order valence-electron chi connectivity index (χ0n) is 10.3. The second-order valence-corrected chi connectivity index (χ2v) is 5.37. The summed E-state index contributed by atoms with van der Waals surface area (Å²) in [4.78, 5) is -0.208. The van der Waals surface area contributed by atoms with Crippen LogP contribution < -0.4 is 0 Å². The van der Waals surface area contributed by atoms with Crippen LogP contribution in [0.3, 0.4) is 0 Å². The number of nitrogens with zero attached hydrogens (tertiary/aromatic N) is 2. The summed E-state index contributed by atoms with van der Waals surface area (Å²) in [6.07, 6.45) is 0. The number of azo groups is 1. The highest BCUT2D eigenvalue weighted by molar-refractivity contribution is 7.86.